The van der Waals surface area contributed by atoms with Gasteiger partial charge in [-0.25, -0.2) is 4.79 Å². The summed E-state index contributed by atoms with van der Waals surface area (Å²) in [5, 5.41) is 8.55. The summed E-state index contributed by atoms with van der Waals surface area (Å²) < 4.78 is 10.5. The van der Waals surface area contributed by atoms with Gasteiger partial charge in [0.2, 0.25) is 0 Å². The maximum Gasteiger partial charge on any atom is 0.332 e. The summed E-state index contributed by atoms with van der Waals surface area (Å²) in [7, 11) is 0. The second-order valence-electron chi connectivity index (χ2n) is 3.30. The second-order valence-corrected chi connectivity index (χ2v) is 3.30. The highest BCUT2D eigenvalue weighted by molar-refractivity contribution is 5.71. The monoisotopic (exact) mass is 188 g/mol. The van der Waals surface area contributed by atoms with Crippen LogP contribution in [0.25, 0.3) is 0 Å². The van der Waals surface area contributed by atoms with E-state index in [4.69, 9.17) is 14.6 Å². The van der Waals surface area contributed by atoms with Crippen molar-refractivity contribution in [3.8, 4) is 0 Å². The highest BCUT2D eigenvalue weighted by atomic mass is 16.5. The van der Waals surface area contributed by atoms with Crippen LogP contribution in [0.1, 0.15) is 26.2 Å². The number of carbonyl (C=O) groups is 1. The molecule has 1 aliphatic heterocycles. The molecule has 0 spiro atoms. The quantitative estimate of drug-likeness (QED) is 0.716. The van der Waals surface area contributed by atoms with Crippen LogP contribution in [-0.2, 0) is 14.3 Å². The minimum absolute atomic E-state index is 0.0931. The predicted octanol–water partition coefficient (Wildman–Crippen LogP) is 1.05. The van der Waals surface area contributed by atoms with Crippen molar-refractivity contribution in [3.63, 3.8) is 0 Å². The summed E-state index contributed by atoms with van der Waals surface area (Å²) >= 11 is 0. The lowest BCUT2D eigenvalue weighted by molar-refractivity contribution is -0.152. The molecule has 0 saturated carbocycles. The topological polar surface area (TPSA) is 55.8 Å². The summed E-state index contributed by atoms with van der Waals surface area (Å²) in [6.07, 6.45) is 2.59. The van der Waals surface area contributed by atoms with Gasteiger partial charge in [-0.05, 0) is 26.2 Å². The van der Waals surface area contributed by atoms with Gasteiger partial charge in [0, 0.05) is 6.61 Å². The summed E-state index contributed by atoms with van der Waals surface area (Å²) in [6.45, 7) is 2.70. The molecule has 0 aromatic heterocycles. The fourth-order valence-electron chi connectivity index (χ4n) is 1.26. The van der Waals surface area contributed by atoms with Crippen LogP contribution in [0.3, 0.4) is 0 Å². The summed E-state index contributed by atoms with van der Waals surface area (Å²) in [5.74, 6) is -0.921. The van der Waals surface area contributed by atoms with Crippen LogP contribution in [0.5, 0.6) is 0 Å². The van der Waals surface area contributed by atoms with Crippen LogP contribution in [0.4, 0.5) is 0 Å². The van der Waals surface area contributed by atoms with Crippen LogP contribution in [0.15, 0.2) is 0 Å². The first-order valence-corrected chi connectivity index (χ1v) is 4.66. The van der Waals surface area contributed by atoms with E-state index >= 15 is 0 Å². The fourth-order valence-corrected chi connectivity index (χ4v) is 1.26. The van der Waals surface area contributed by atoms with Crippen molar-refractivity contribution < 1.29 is 19.4 Å². The minimum atomic E-state index is -0.921. The Balaban J connectivity index is 2.13. The molecule has 1 aliphatic rings. The second kappa shape index (κ2) is 5.19. The zero-order chi connectivity index (χ0) is 9.68. The zero-order valence-corrected chi connectivity index (χ0v) is 7.86. The Bertz CT molecular complexity index is 163. The van der Waals surface area contributed by atoms with Gasteiger partial charge in [-0.1, -0.05) is 0 Å². The van der Waals surface area contributed by atoms with Crippen LogP contribution >= 0.6 is 0 Å². The van der Waals surface area contributed by atoms with E-state index in [0.717, 1.165) is 25.9 Å². The van der Waals surface area contributed by atoms with Crippen LogP contribution in [0, 0.1) is 0 Å². The van der Waals surface area contributed by atoms with Gasteiger partial charge in [-0.3, -0.25) is 0 Å². The van der Waals surface area contributed by atoms with Crippen molar-refractivity contribution >= 4 is 5.97 Å². The number of hydrogen-bond acceptors (Lipinski definition) is 3. The molecule has 4 heteroatoms. The molecule has 1 saturated heterocycles. The molecule has 2 atom stereocenters. The molecule has 0 bridgehead atoms. The molecular formula is C9H16O4. The van der Waals surface area contributed by atoms with E-state index in [1.807, 2.05) is 0 Å². The number of ether oxygens (including phenoxy) is 2. The molecule has 1 unspecified atom stereocenters. The van der Waals surface area contributed by atoms with Gasteiger partial charge in [0.15, 0.2) is 6.10 Å². The first kappa shape index (κ1) is 10.5. The molecular weight excluding hydrogens is 172 g/mol. The molecule has 4 nitrogen and oxygen atoms in total. The number of carboxylic acids is 1. The normalized spacial score (nSPS) is 25.5. The molecule has 0 aromatic rings. The third-order valence-corrected chi connectivity index (χ3v) is 2.15. The van der Waals surface area contributed by atoms with E-state index in [1.54, 1.807) is 0 Å². The predicted molar refractivity (Wildman–Crippen MR) is 46.6 cm³/mol. The molecule has 0 amide bonds. The van der Waals surface area contributed by atoms with E-state index in [-0.39, 0.29) is 6.10 Å². The van der Waals surface area contributed by atoms with Gasteiger partial charge in [0.1, 0.15) is 0 Å². The van der Waals surface area contributed by atoms with E-state index in [1.165, 1.54) is 6.92 Å². The Morgan fingerprint density at radius 3 is 3.00 bits per heavy atom. The summed E-state index contributed by atoms with van der Waals surface area (Å²) in [6, 6.07) is 0. The van der Waals surface area contributed by atoms with Crippen molar-refractivity contribution in [2.75, 3.05) is 13.2 Å². The lowest BCUT2D eigenvalue weighted by atomic mass is 10.1. The van der Waals surface area contributed by atoms with E-state index in [9.17, 15) is 4.79 Å². The maximum atomic E-state index is 10.4. The third kappa shape index (κ3) is 3.74. The first-order valence-electron chi connectivity index (χ1n) is 4.66. The van der Waals surface area contributed by atoms with Crippen LogP contribution in [-0.4, -0.2) is 36.5 Å². The molecule has 1 rings (SSSR count). The summed E-state index contributed by atoms with van der Waals surface area (Å²) in [4.78, 5) is 10.4. The van der Waals surface area contributed by atoms with Gasteiger partial charge >= 0.3 is 5.97 Å². The Hall–Kier alpha value is -0.610. The van der Waals surface area contributed by atoms with E-state index in [0.29, 0.717) is 6.61 Å². The molecule has 0 radical (unpaired) electrons. The lowest BCUT2D eigenvalue weighted by Crippen LogP contribution is -2.29. The third-order valence-electron chi connectivity index (χ3n) is 2.15. The lowest BCUT2D eigenvalue weighted by Gasteiger charge is -2.23. The van der Waals surface area contributed by atoms with Crippen molar-refractivity contribution in [2.24, 2.45) is 0 Å². The number of carboxylic acid groups (broad SMARTS) is 1. The highest BCUT2D eigenvalue weighted by Crippen LogP contribution is 2.13. The number of rotatable bonds is 4. The number of hydrogen-bond donors (Lipinski definition) is 1. The van der Waals surface area contributed by atoms with Gasteiger partial charge in [-0.15, -0.1) is 0 Å². The maximum absolute atomic E-state index is 10.4. The standard InChI is InChI=1S/C9H16O4/c1-7(9(10)11)13-6-8-4-2-3-5-12-8/h7-8H,2-6H2,1H3,(H,10,11)/t7-,8?/m1/s1. The average molecular weight is 188 g/mol. The Morgan fingerprint density at radius 1 is 1.69 bits per heavy atom. The highest BCUT2D eigenvalue weighted by Gasteiger charge is 2.17. The molecule has 76 valence electrons. The van der Waals surface area contributed by atoms with Crippen LogP contribution < -0.4 is 0 Å². The van der Waals surface area contributed by atoms with E-state index in [2.05, 4.69) is 0 Å². The Kier molecular flexibility index (Phi) is 4.18. The molecule has 1 heterocycles. The zero-order valence-electron chi connectivity index (χ0n) is 7.86. The number of aliphatic carboxylic acids is 1. The van der Waals surface area contributed by atoms with Crippen molar-refractivity contribution in [1.82, 2.24) is 0 Å². The molecule has 0 aromatic carbocycles. The first-order chi connectivity index (χ1) is 6.20. The molecule has 1 N–H and O–H groups in total. The fraction of sp³-hybridized carbons (Fsp3) is 0.889. The molecule has 13 heavy (non-hydrogen) atoms. The van der Waals surface area contributed by atoms with Crippen molar-refractivity contribution in [2.45, 2.75) is 38.4 Å². The molecule has 0 aliphatic carbocycles. The largest absolute Gasteiger partial charge is 0.479 e. The Morgan fingerprint density at radius 2 is 2.46 bits per heavy atom. The smallest absolute Gasteiger partial charge is 0.332 e. The van der Waals surface area contributed by atoms with Gasteiger partial charge in [0.25, 0.3) is 0 Å². The van der Waals surface area contributed by atoms with E-state index < -0.39 is 12.1 Å². The summed E-state index contributed by atoms with van der Waals surface area (Å²) in [5.41, 5.74) is 0. The minimum Gasteiger partial charge on any atom is -0.479 e. The van der Waals surface area contributed by atoms with Crippen molar-refractivity contribution in [3.05, 3.63) is 0 Å². The average Bonchev–Trinajstić information content (AvgIpc) is 2.15. The Labute approximate surface area is 77.8 Å². The van der Waals surface area contributed by atoms with Gasteiger partial charge in [0.05, 0.1) is 12.7 Å². The van der Waals surface area contributed by atoms with Crippen LogP contribution in [0.2, 0.25) is 0 Å². The van der Waals surface area contributed by atoms with Gasteiger partial charge < -0.3 is 14.6 Å². The van der Waals surface area contributed by atoms with Crippen molar-refractivity contribution in [1.29, 1.82) is 0 Å². The van der Waals surface area contributed by atoms with Gasteiger partial charge in [-0.2, -0.15) is 0 Å². The SMILES string of the molecule is C[C@@H](OCC1CCCCO1)C(=O)O. The molecule has 1 fully saturated rings.